The smallest absolute Gasteiger partial charge is 0.328 e. The molecule has 0 aliphatic heterocycles. The molecule has 6 heteroatoms. The van der Waals surface area contributed by atoms with Gasteiger partial charge in [-0.3, -0.25) is 9.59 Å². The number of methoxy groups -OCH3 is 1. The molecule has 1 atom stereocenters. The highest BCUT2D eigenvalue weighted by Gasteiger charge is 2.21. The second-order valence-corrected chi connectivity index (χ2v) is 6.58. The number of rotatable bonds is 16. The molecule has 0 aliphatic rings. The van der Waals surface area contributed by atoms with Gasteiger partial charge in [-0.2, -0.15) is 0 Å². The van der Waals surface area contributed by atoms with Gasteiger partial charge in [-0.25, -0.2) is 4.79 Å². The lowest BCUT2D eigenvalue weighted by molar-refractivity contribution is -0.145. The first kappa shape index (κ1) is 23.4. The molecule has 0 saturated carbocycles. The summed E-state index contributed by atoms with van der Waals surface area (Å²) in [7, 11) is 1.26. The first-order valence-electron chi connectivity index (χ1n) is 9.66. The summed E-state index contributed by atoms with van der Waals surface area (Å²) in [6.07, 6.45) is 12.7. The molecule has 3 N–H and O–H groups in total. The summed E-state index contributed by atoms with van der Waals surface area (Å²) >= 11 is 0. The third-order valence-corrected chi connectivity index (χ3v) is 4.26. The largest absolute Gasteiger partial charge is 0.467 e. The number of unbranched alkanes of at least 4 members (excludes halogenated alkanes) is 9. The fourth-order valence-corrected chi connectivity index (χ4v) is 2.72. The van der Waals surface area contributed by atoms with E-state index in [9.17, 15) is 14.4 Å². The average molecular weight is 357 g/mol. The van der Waals surface area contributed by atoms with Crippen molar-refractivity contribution in [2.45, 2.75) is 96.4 Å². The SMILES string of the molecule is CCCCCCCCCCCCC(=O)N[C@@H](CCC(N)=O)C(=O)OC. The third kappa shape index (κ3) is 14.5. The summed E-state index contributed by atoms with van der Waals surface area (Å²) in [6.45, 7) is 2.22. The van der Waals surface area contributed by atoms with Crippen molar-refractivity contribution in [1.82, 2.24) is 5.32 Å². The van der Waals surface area contributed by atoms with E-state index in [0.717, 1.165) is 19.3 Å². The molecule has 6 nitrogen and oxygen atoms in total. The van der Waals surface area contributed by atoms with Gasteiger partial charge in [-0.1, -0.05) is 64.7 Å². The van der Waals surface area contributed by atoms with Crippen molar-refractivity contribution >= 4 is 17.8 Å². The van der Waals surface area contributed by atoms with E-state index in [1.807, 2.05) is 0 Å². The lowest BCUT2D eigenvalue weighted by Crippen LogP contribution is -2.42. The molecular formula is C19H36N2O4. The van der Waals surface area contributed by atoms with Crippen LogP contribution in [-0.2, 0) is 19.1 Å². The van der Waals surface area contributed by atoms with Crippen LogP contribution in [0.5, 0.6) is 0 Å². The normalized spacial score (nSPS) is 11.8. The van der Waals surface area contributed by atoms with Crippen molar-refractivity contribution in [3.8, 4) is 0 Å². The molecule has 0 aliphatic carbocycles. The average Bonchev–Trinajstić information content (AvgIpc) is 2.59. The van der Waals surface area contributed by atoms with E-state index in [1.165, 1.54) is 52.1 Å². The van der Waals surface area contributed by atoms with Crippen LogP contribution in [0.4, 0.5) is 0 Å². The Morgan fingerprint density at radius 2 is 1.40 bits per heavy atom. The van der Waals surface area contributed by atoms with Crippen molar-refractivity contribution in [2.24, 2.45) is 5.73 Å². The van der Waals surface area contributed by atoms with Gasteiger partial charge in [-0.05, 0) is 12.8 Å². The molecule has 0 fully saturated rings. The van der Waals surface area contributed by atoms with Crippen molar-refractivity contribution in [3.05, 3.63) is 0 Å². The first-order chi connectivity index (χ1) is 12.0. The number of nitrogens with one attached hydrogen (secondary N) is 1. The standard InChI is InChI=1S/C19H36N2O4/c1-3-4-5-6-7-8-9-10-11-12-13-18(23)21-16(19(24)25-2)14-15-17(20)22/h16H,3-15H2,1-2H3,(H2,20,22)(H,21,23)/t16-/m0/s1. The monoisotopic (exact) mass is 356 g/mol. The number of carbonyl (C=O) groups is 3. The molecule has 0 aromatic rings. The van der Waals surface area contributed by atoms with Crippen molar-refractivity contribution in [2.75, 3.05) is 7.11 Å². The fraction of sp³-hybridized carbons (Fsp3) is 0.842. The van der Waals surface area contributed by atoms with E-state index < -0.39 is 17.9 Å². The summed E-state index contributed by atoms with van der Waals surface area (Å²) in [4.78, 5) is 34.4. The topological polar surface area (TPSA) is 98.5 Å². The van der Waals surface area contributed by atoms with Gasteiger partial charge in [0.25, 0.3) is 0 Å². The number of amides is 2. The highest BCUT2D eigenvalue weighted by atomic mass is 16.5. The fourth-order valence-electron chi connectivity index (χ4n) is 2.72. The van der Waals surface area contributed by atoms with E-state index in [1.54, 1.807) is 0 Å². The van der Waals surface area contributed by atoms with Gasteiger partial charge in [0.05, 0.1) is 7.11 Å². The Kier molecular flexibility index (Phi) is 14.9. The molecule has 0 aromatic heterocycles. The molecule has 0 bridgehead atoms. The van der Waals surface area contributed by atoms with E-state index >= 15 is 0 Å². The number of hydrogen-bond acceptors (Lipinski definition) is 4. The minimum absolute atomic E-state index is 0.0400. The maximum Gasteiger partial charge on any atom is 0.328 e. The zero-order chi connectivity index (χ0) is 18.9. The van der Waals surface area contributed by atoms with Crippen LogP contribution in [0.3, 0.4) is 0 Å². The zero-order valence-electron chi connectivity index (χ0n) is 16.0. The predicted molar refractivity (Wildman–Crippen MR) is 98.8 cm³/mol. The lowest BCUT2D eigenvalue weighted by Gasteiger charge is -2.15. The Bertz CT molecular complexity index is 386. The van der Waals surface area contributed by atoms with E-state index in [0.29, 0.717) is 6.42 Å². The van der Waals surface area contributed by atoms with Crippen LogP contribution in [0.2, 0.25) is 0 Å². The molecule has 0 rings (SSSR count). The van der Waals surface area contributed by atoms with Crippen LogP contribution in [0.25, 0.3) is 0 Å². The summed E-state index contributed by atoms with van der Waals surface area (Å²) in [6, 6.07) is -0.798. The molecular weight excluding hydrogens is 320 g/mol. The van der Waals surface area contributed by atoms with Crippen LogP contribution in [-0.4, -0.2) is 30.9 Å². The van der Waals surface area contributed by atoms with Crippen molar-refractivity contribution in [1.29, 1.82) is 0 Å². The Morgan fingerprint density at radius 3 is 1.88 bits per heavy atom. The van der Waals surface area contributed by atoms with Gasteiger partial charge >= 0.3 is 5.97 Å². The van der Waals surface area contributed by atoms with Crippen LogP contribution < -0.4 is 11.1 Å². The number of carbonyl (C=O) groups excluding carboxylic acids is 3. The summed E-state index contributed by atoms with van der Waals surface area (Å²) in [5.41, 5.74) is 5.08. The van der Waals surface area contributed by atoms with Crippen molar-refractivity contribution < 1.29 is 19.1 Å². The number of hydrogen-bond donors (Lipinski definition) is 2. The van der Waals surface area contributed by atoms with Gasteiger partial charge in [0, 0.05) is 12.8 Å². The maximum atomic E-state index is 11.9. The minimum atomic E-state index is -0.798. The quantitative estimate of drug-likeness (QED) is 0.328. The molecule has 25 heavy (non-hydrogen) atoms. The second-order valence-electron chi connectivity index (χ2n) is 6.58. The van der Waals surface area contributed by atoms with Crippen LogP contribution in [0, 0.1) is 0 Å². The van der Waals surface area contributed by atoms with Crippen molar-refractivity contribution in [3.63, 3.8) is 0 Å². The minimum Gasteiger partial charge on any atom is -0.467 e. The Morgan fingerprint density at radius 1 is 0.880 bits per heavy atom. The predicted octanol–water partition coefficient (Wildman–Crippen LogP) is 3.22. The van der Waals surface area contributed by atoms with Gasteiger partial charge in [0.1, 0.15) is 6.04 Å². The Hall–Kier alpha value is -1.59. The molecule has 146 valence electrons. The summed E-state index contributed by atoms with van der Waals surface area (Å²) in [5.74, 6) is -1.23. The molecule has 0 unspecified atom stereocenters. The molecule has 0 aromatic carbocycles. The van der Waals surface area contributed by atoms with Crippen LogP contribution in [0.15, 0.2) is 0 Å². The molecule has 2 amide bonds. The molecule has 0 spiro atoms. The third-order valence-electron chi connectivity index (χ3n) is 4.26. The van der Waals surface area contributed by atoms with E-state index in [-0.39, 0.29) is 18.7 Å². The number of nitrogens with two attached hydrogens (primary N) is 1. The second kappa shape index (κ2) is 15.9. The number of esters is 1. The molecule has 0 radical (unpaired) electrons. The highest BCUT2D eigenvalue weighted by Crippen LogP contribution is 2.11. The van der Waals surface area contributed by atoms with Gasteiger partial charge < -0.3 is 15.8 Å². The number of ether oxygens (including phenoxy) is 1. The van der Waals surface area contributed by atoms with E-state index in [2.05, 4.69) is 17.0 Å². The highest BCUT2D eigenvalue weighted by molar-refractivity contribution is 5.85. The first-order valence-corrected chi connectivity index (χ1v) is 9.66. The maximum absolute atomic E-state index is 11.9. The molecule has 0 saturated heterocycles. The van der Waals surface area contributed by atoms with Crippen LogP contribution in [0.1, 0.15) is 90.4 Å². The van der Waals surface area contributed by atoms with Gasteiger partial charge in [0.15, 0.2) is 0 Å². The molecule has 0 heterocycles. The Labute approximate surface area is 152 Å². The van der Waals surface area contributed by atoms with E-state index in [4.69, 9.17) is 5.73 Å². The van der Waals surface area contributed by atoms with Crippen LogP contribution >= 0.6 is 0 Å². The van der Waals surface area contributed by atoms with Gasteiger partial charge in [-0.15, -0.1) is 0 Å². The number of primary amides is 1. The Balaban J connectivity index is 3.75. The summed E-state index contributed by atoms with van der Waals surface area (Å²) < 4.78 is 4.64. The zero-order valence-corrected chi connectivity index (χ0v) is 16.0. The lowest BCUT2D eigenvalue weighted by atomic mass is 10.1. The van der Waals surface area contributed by atoms with Gasteiger partial charge in [0.2, 0.25) is 11.8 Å². The summed E-state index contributed by atoms with van der Waals surface area (Å²) in [5, 5.41) is 2.63.